The molecule has 0 heterocycles. The molecule has 92 valence electrons. The standard InChI is InChI=1S/C12H16N2O3/c1-8(2)9(3)13-12(15)10-4-6-11(7-5-10)14(16)17/h4-9H,1-3H3,(H,13,15). The van der Waals surface area contributed by atoms with Gasteiger partial charge in [-0.3, -0.25) is 14.9 Å². The Hall–Kier alpha value is -1.91. The van der Waals surface area contributed by atoms with E-state index in [1.165, 1.54) is 24.3 Å². The smallest absolute Gasteiger partial charge is 0.269 e. The van der Waals surface area contributed by atoms with Gasteiger partial charge in [0.15, 0.2) is 0 Å². The van der Waals surface area contributed by atoms with E-state index >= 15 is 0 Å². The third-order valence-electron chi connectivity index (χ3n) is 2.70. The van der Waals surface area contributed by atoms with Crippen LogP contribution in [0.3, 0.4) is 0 Å². The minimum Gasteiger partial charge on any atom is -0.349 e. The maximum absolute atomic E-state index is 11.8. The van der Waals surface area contributed by atoms with Crippen LogP contribution in [0.1, 0.15) is 31.1 Å². The average molecular weight is 236 g/mol. The van der Waals surface area contributed by atoms with Gasteiger partial charge in [0, 0.05) is 23.7 Å². The number of nitro groups is 1. The highest BCUT2D eigenvalue weighted by molar-refractivity contribution is 5.94. The summed E-state index contributed by atoms with van der Waals surface area (Å²) in [6, 6.07) is 5.64. The molecule has 5 nitrogen and oxygen atoms in total. The molecule has 1 unspecified atom stereocenters. The summed E-state index contributed by atoms with van der Waals surface area (Å²) >= 11 is 0. The van der Waals surface area contributed by atoms with Gasteiger partial charge >= 0.3 is 0 Å². The van der Waals surface area contributed by atoms with E-state index in [0.717, 1.165) is 0 Å². The Bertz CT molecular complexity index is 412. The van der Waals surface area contributed by atoms with Crippen molar-refractivity contribution in [3.63, 3.8) is 0 Å². The Morgan fingerprint density at radius 1 is 1.24 bits per heavy atom. The lowest BCUT2D eigenvalue weighted by atomic mass is 10.1. The van der Waals surface area contributed by atoms with Crippen LogP contribution in [0.25, 0.3) is 0 Å². The zero-order chi connectivity index (χ0) is 13.0. The zero-order valence-electron chi connectivity index (χ0n) is 10.1. The maximum Gasteiger partial charge on any atom is 0.269 e. The van der Waals surface area contributed by atoms with Crippen molar-refractivity contribution in [2.24, 2.45) is 5.92 Å². The lowest BCUT2D eigenvalue weighted by Gasteiger charge is -2.17. The topological polar surface area (TPSA) is 72.2 Å². The van der Waals surface area contributed by atoms with E-state index in [1.807, 2.05) is 20.8 Å². The summed E-state index contributed by atoms with van der Waals surface area (Å²) in [6.45, 7) is 5.95. The number of benzene rings is 1. The molecule has 0 saturated carbocycles. The molecule has 0 aromatic heterocycles. The van der Waals surface area contributed by atoms with Crippen LogP contribution in [0.15, 0.2) is 24.3 Å². The molecule has 0 radical (unpaired) electrons. The van der Waals surface area contributed by atoms with Crippen molar-refractivity contribution in [3.8, 4) is 0 Å². The van der Waals surface area contributed by atoms with Gasteiger partial charge in [-0.2, -0.15) is 0 Å². The fraction of sp³-hybridized carbons (Fsp3) is 0.417. The van der Waals surface area contributed by atoms with Crippen LogP contribution in [0, 0.1) is 16.0 Å². The number of rotatable bonds is 4. The average Bonchev–Trinajstić information content (AvgIpc) is 2.28. The van der Waals surface area contributed by atoms with Crippen LogP contribution >= 0.6 is 0 Å². The van der Waals surface area contributed by atoms with Gasteiger partial charge < -0.3 is 5.32 Å². The van der Waals surface area contributed by atoms with Crippen molar-refractivity contribution < 1.29 is 9.72 Å². The highest BCUT2D eigenvalue weighted by Gasteiger charge is 2.13. The number of nitro benzene ring substituents is 1. The van der Waals surface area contributed by atoms with Crippen LogP contribution in [-0.2, 0) is 0 Å². The summed E-state index contributed by atoms with van der Waals surface area (Å²) in [6.07, 6.45) is 0. The van der Waals surface area contributed by atoms with Gasteiger partial charge in [-0.1, -0.05) is 13.8 Å². The summed E-state index contributed by atoms with van der Waals surface area (Å²) in [5, 5.41) is 13.3. The van der Waals surface area contributed by atoms with Crippen LogP contribution in [0.4, 0.5) is 5.69 Å². The van der Waals surface area contributed by atoms with E-state index in [4.69, 9.17) is 0 Å². The predicted octanol–water partition coefficient (Wildman–Crippen LogP) is 2.37. The maximum atomic E-state index is 11.8. The van der Waals surface area contributed by atoms with Crippen molar-refractivity contribution in [1.29, 1.82) is 0 Å². The lowest BCUT2D eigenvalue weighted by molar-refractivity contribution is -0.384. The van der Waals surface area contributed by atoms with Gasteiger partial charge in [0.05, 0.1) is 4.92 Å². The van der Waals surface area contributed by atoms with Gasteiger partial charge in [-0.25, -0.2) is 0 Å². The minimum atomic E-state index is -0.488. The van der Waals surface area contributed by atoms with Gasteiger partial charge in [0.1, 0.15) is 0 Å². The Morgan fingerprint density at radius 2 is 1.76 bits per heavy atom. The largest absolute Gasteiger partial charge is 0.349 e. The quantitative estimate of drug-likeness (QED) is 0.644. The minimum absolute atomic E-state index is 0.0153. The second-order valence-corrected chi connectivity index (χ2v) is 4.31. The normalized spacial score (nSPS) is 12.2. The Morgan fingerprint density at radius 3 is 2.18 bits per heavy atom. The molecule has 1 aromatic rings. The second-order valence-electron chi connectivity index (χ2n) is 4.31. The number of nitrogens with zero attached hydrogens (tertiary/aromatic N) is 1. The van der Waals surface area contributed by atoms with E-state index in [9.17, 15) is 14.9 Å². The van der Waals surface area contributed by atoms with Crippen LogP contribution in [0.2, 0.25) is 0 Å². The first-order valence-electron chi connectivity index (χ1n) is 5.47. The van der Waals surface area contributed by atoms with E-state index in [0.29, 0.717) is 11.5 Å². The molecule has 0 aliphatic rings. The van der Waals surface area contributed by atoms with E-state index in [-0.39, 0.29) is 17.6 Å². The van der Waals surface area contributed by atoms with Crippen molar-refractivity contribution in [3.05, 3.63) is 39.9 Å². The summed E-state index contributed by atoms with van der Waals surface area (Å²) < 4.78 is 0. The Balaban J connectivity index is 2.73. The van der Waals surface area contributed by atoms with E-state index in [2.05, 4.69) is 5.32 Å². The number of carbonyl (C=O) groups excluding carboxylic acids is 1. The third-order valence-corrected chi connectivity index (χ3v) is 2.70. The first kappa shape index (κ1) is 13.2. The summed E-state index contributed by atoms with van der Waals surface area (Å²) in [5.41, 5.74) is 0.418. The molecule has 5 heteroatoms. The van der Waals surface area contributed by atoms with Gasteiger partial charge in [-0.05, 0) is 25.0 Å². The van der Waals surface area contributed by atoms with Crippen molar-refractivity contribution in [2.75, 3.05) is 0 Å². The van der Waals surface area contributed by atoms with Crippen molar-refractivity contribution in [1.82, 2.24) is 5.32 Å². The lowest BCUT2D eigenvalue weighted by Crippen LogP contribution is -2.36. The molecule has 1 atom stereocenters. The molecule has 1 amide bonds. The van der Waals surface area contributed by atoms with Crippen LogP contribution in [-0.4, -0.2) is 16.9 Å². The number of nitrogens with one attached hydrogen (secondary N) is 1. The second kappa shape index (κ2) is 5.43. The van der Waals surface area contributed by atoms with Gasteiger partial charge in [0.2, 0.25) is 0 Å². The molecule has 0 aliphatic carbocycles. The molecular formula is C12H16N2O3. The van der Waals surface area contributed by atoms with Crippen LogP contribution < -0.4 is 5.32 Å². The first-order valence-corrected chi connectivity index (χ1v) is 5.47. The number of hydrogen-bond acceptors (Lipinski definition) is 3. The zero-order valence-corrected chi connectivity index (χ0v) is 10.1. The number of carbonyl (C=O) groups is 1. The number of non-ortho nitro benzene ring substituents is 1. The molecule has 17 heavy (non-hydrogen) atoms. The molecular weight excluding hydrogens is 220 g/mol. The van der Waals surface area contributed by atoms with Gasteiger partial charge in [-0.15, -0.1) is 0 Å². The predicted molar refractivity (Wildman–Crippen MR) is 64.9 cm³/mol. The SMILES string of the molecule is CC(C)C(C)NC(=O)c1ccc([N+](=O)[O-])cc1. The highest BCUT2D eigenvalue weighted by Crippen LogP contribution is 2.12. The molecule has 0 bridgehead atoms. The fourth-order valence-electron chi connectivity index (χ4n) is 1.19. The fourth-order valence-corrected chi connectivity index (χ4v) is 1.19. The first-order chi connectivity index (χ1) is 7.91. The van der Waals surface area contributed by atoms with Crippen molar-refractivity contribution in [2.45, 2.75) is 26.8 Å². The summed E-state index contributed by atoms with van der Waals surface area (Å²) in [5.74, 6) is 0.137. The van der Waals surface area contributed by atoms with Gasteiger partial charge in [0.25, 0.3) is 11.6 Å². The molecule has 0 saturated heterocycles. The van der Waals surface area contributed by atoms with E-state index < -0.39 is 4.92 Å². The number of hydrogen-bond donors (Lipinski definition) is 1. The Kier molecular flexibility index (Phi) is 4.20. The molecule has 1 rings (SSSR count). The number of amides is 1. The molecule has 0 aliphatic heterocycles. The molecule has 0 fully saturated rings. The summed E-state index contributed by atoms with van der Waals surface area (Å²) in [4.78, 5) is 21.7. The third kappa shape index (κ3) is 3.55. The Labute approximate surface area is 100.0 Å². The monoisotopic (exact) mass is 236 g/mol. The highest BCUT2D eigenvalue weighted by atomic mass is 16.6. The van der Waals surface area contributed by atoms with E-state index in [1.54, 1.807) is 0 Å². The van der Waals surface area contributed by atoms with Crippen LogP contribution in [0.5, 0.6) is 0 Å². The molecule has 0 spiro atoms. The molecule has 1 aromatic carbocycles. The van der Waals surface area contributed by atoms with Crippen molar-refractivity contribution >= 4 is 11.6 Å². The summed E-state index contributed by atoms with van der Waals surface area (Å²) in [7, 11) is 0. The molecule has 1 N–H and O–H groups in total.